The summed E-state index contributed by atoms with van der Waals surface area (Å²) in [5.74, 6) is 0.238. The van der Waals surface area contributed by atoms with E-state index in [1.54, 1.807) is 19.1 Å². The number of ether oxygens (including phenoxy) is 1. The van der Waals surface area contributed by atoms with Gasteiger partial charge < -0.3 is 10.1 Å². The van der Waals surface area contributed by atoms with Crippen molar-refractivity contribution in [3.63, 3.8) is 0 Å². The van der Waals surface area contributed by atoms with Crippen LogP contribution in [0.3, 0.4) is 0 Å². The van der Waals surface area contributed by atoms with Crippen molar-refractivity contribution >= 4 is 39.2 Å². The predicted octanol–water partition coefficient (Wildman–Crippen LogP) is 3.21. The fourth-order valence-electron chi connectivity index (χ4n) is 2.65. The van der Waals surface area contributed by atoms with Crippen LogP contribution in [0.4, 0.5) is 11.5 Å². The molecule has 1 aliphatic rings. The Hall–Kier alpha value is -2.41. The van der Waals surface area contributed by atoms with Crippen LogP contribution in [-0.4, -0.2) is 29.4 Å². The van der Waals surface area contributed by atoms with Crippen molar-refractivity contribution < 1.29 is 14.3 Å². The number of hydrogen-bond acceptors (Lipinski definition) is 4. The highest BCUT2D eigenvalue weighted by Gasteiger charge is 2.34. The Balaban J connectivity index is 1.88. The molecule has 1 aromatic heterocycles. The minimum Gasteiger partial charge on any atom is -0.480 e. The molecule has 0 saturated heterocycles. The van der Waals surface area contributed by atoms with E-state index in [1.807, 2.05) is 32.0 Å². The number of carbonyl (C=O) groups excluding carboxylic acids is 2. The topological polar surface area (TPSA) is 71.5 Å². The average Bonchev–Trinajstić information content (AvgIpc) is 2.57. The second-order valence-corrected chi connectivity index (χ2v) is 6.80. The molecule has 2 aromatic rings. The number of pyridine rings is 1. The highest BCUT2D eigenvalue weighted by Crippen LogP contribution is 2.33. The van der Waals surface area contributed by atoms with Gasteiger partial charge in [-0.15, -0.1) is 0 Å². The van der Waals surface area contributed by atoms with E-state index >= 15 is 0 Å². The van der Waals surface area contributed by atoms with Crippen LogP contribution in [0.25, 0.3) is 0 Å². The molecule has 6 nitrogen and oxygen atoms in total. The highest BCUT2D eigenvalue weighted by atomic mass is 79.9. The number of halogens is 1. The van der Waals surface area contributed by atoms with Crippen LogP contribution in [0.5, 0.6) is 5.75 Å². The zero-order chi connectivity index (χ0) is 18.1. The molecule has 0 bridgehead atoms. The summed E-state index contributed by atoms with van der Waals surface area (Å²) in [6.07, 6.45) is 0. The van der Waals surface area contributed by atoms with E-state index in [1.165, 1.54) is 4.90 Å². The number of carbonyl (C=O) groups is 2. The van der Waals surface area contributed by atoms with E-state index < -0.39 is 6.04 Å². The second kappa shape index (κ2) is 6.84. The lowest BCUT2D eigenvalue weighted by Gasteiger charge is -2.32. The summed E-state index contributed by atoms with van der Waals surface area (Å²) in [5.41, 5.74) is 2.74. The van der Waals surface area contributed by atoms with E-state index in [0.717, 1.165) is 16.8 Å². The zero-order valence-electron chi connectivity index (χ0n) is 14.2. The summed E-state index contributed by atoms with van der Waals surface area (Å²) in [7, 11) is 0. The average molecular weight is 404 g/mol. The number of aromatic nitrogens is 1. The Kier molecular flexibility index (Phi) is 4.76. The van der Waals surface area contributed by atoms with Gasteiger partial charge in [0.15, 0.2) is 18.2 Å². The van der Waals surface area contributed by atoms with E-state index in [-0.39, 0.29) is 18.4 Å². The van der Waals surface area contributed by atoms with Crippen molar-refractivity contribution in [2.75, 3.05) is 16.8 Å². The first kappa shape index (κ1) is 17.4. The standard InChI is InChI=1S/C18H18BrN3O3/c1-10-4-5-11(2)13(8-10)20-18(24)12(3)22-16(23)9-25-14-6-7-15(19)21-17(14)22/h4-8,12H,9H2,1-3H3,(H,20,24). The van der Waals surface area contributed by atoms with Gasteiger partial charge in [0.05, 0.1) is 0 Å². The molecular formula is C18H18BrN3O3. The summed E-state index contributed by atoms with van der Waals surface area (Å²) in [6.45, 7) is 5.45. The van der Waals surface area contributed by atoms with Crippen LogP contribution in [0, 0.1) is 13.8 Å². The predicted molar refractivity (Wildman–Crippen MR) is 98.9 cm³/mol. The molecule has 0 fully saturated rings. The normalized spacial score (nSPS) is 14.6. The molecule has 130 valence electrons. The molecule has 1 N–H and O–H groups in total. The number of nitrogens with one attached hydrogen (secondary N) is 1. The SMILES string of the molecule is Cc1ccc(C)c(NC(=O)C(C)N2C(=O)COc3ccc(Br)nc32)c1. The first-order chi connectivity index (χ1) is 11.9. The minimum absolute atomic E-state index is 0.114. The van der Waals surface area contributed by atoms with Gasteiger partial charge in [-0.3, -0.25) is 14.5 Å². The Bertz CT molecular complexity index is 853. The Labute approximate surface area is 154 Å². The monoisotopic (exact) mass is 403 g/mol. The van der Waals surface area contributed by atoms with E-state index in [9.17, 15) is 9.59 Å². The Morgan fingerprint density at radius 2 is 2.08 bits per heavy atom. The van der Waals surface area contributed by atoms with Crippen molar-refractivity contribution in [3.8, 4) is 5.75 Å². The van der Waals surface area contributed by atoms with Gasteiger partial charge in [0.2, 0.25) is 5.91 Å². The molecule has 1 aromatic carbocycles. The summed E-state index contributed by atoms with van der Waals surface area (Å²) < 4.78 is 5.96. The Morgan fingerprint density at radius 3 is 2.84 bits per heavy atom. The number of benzene rings is 1. The molecule has 0 spiro atoms. The van der Waals surface area contributed by atoms with Gasteiger partial charge in [-0.25, -0.2) is 4.98 Å². The summed E-state index contributed by atoms with van der Waals surface area (Å²) in [4.78, 5) is 30.8. The highest BCUT2D eigenvalue weighted by molar-refractivity contribution is 9.10. The largest absolute Gasteiger partial charge is 0.480 e. The summed E-state index contributed by atoms with van der Waals surface area (Å²) in [6, 6.07) is 8.57. The molecule has 2 amide bonds. The lowest BCUT2D eigenvalue weighted by molar-refractivity contribution is -0.125. The van der Waals surface area contributed by atoms with Crippen molar-refractivity contribution in [3.05, 3.63) is 46.1 Å². The first-order valence-corrected chi connectivity index (χ1v) is 8.65. The van der Waals surface area contributed by atoms with Crippen LogP contribution in [0.1, 0.15) is 18.1 Å². The van der Waals surface area contributed by atoms with Gasteiger partial charge in [0.1, 0.15) is 10.6 Å². The maximum Gasteiger partial charge on any atom is 0.266 e. The molecule has 0 radical (unpaired) electrons. The molecule has 25 heavy (non-hydrogen) atoms. The third-order valence-corrected chi connectivity index (χ3v) is 4.51. The van der Waals surface area contributed by atoms with E-state index in [2.05, 4.69) is 26.2 Å². The molecule has 2 heterocycles. The maximum atomic E-state index is 12.7. The number of amides is 2. The molecule has 1 aliphatic heterocycles. The first-order valence-electron chi connectivity index (χ1n) is 7.86. The summed E-state index contributed by atoms with van der Waals surface area (Å²) >= 11 is 3.29. The molecule has 0 saturated carbocycles. The maximum absolute atomic E-state index is 12.7. The quantitative estimate of drug-likeness (QED) is 0.798. The number of rotatable bonds is 3. The molecule has 1 unspecified atom stereocenters. The van der Waals surface area contributed by atoms with Crippen LogP contribution < -0.4 is 15.0 Å². The fourth-order valence-corrected chi connectivity index (χ4v) is 2.95. The third kappa shape index (κ3) is 3.51. The van der Waals surface area contributed by atoms with E-state index in [4.69, 9.17) is 4.74 Å². The molecular weight excluding hydrogens is 386 g/mol. The van der Waals surface area contributed by atoms with Gasteiger partial charge in [0.25, 0.3) is 5.91 Å². The number of nitrogens with zero attached hydrogens (tertiary/aromatic N) is 2. The molecule has 0 aliphatic carbocycles. The number of aryl methyl sites for hydroxylation is 2. The molecule has 7 heteroatoms. The lowest BCUT2D eigenvalue weighted by atomic mass is 10.1. The number of hydrogen-bond donors (Lipinski definition) is 1. The van der Waals surface area contributed by atoms with Gasteiger partial charge in [0, 0.05) is 5.69 Å². The zero-order valence-corrected chi connectivity index (χ0v) is 15.8. The molecule has 1 atom stereocenters. The minimum atomic E-state index is -0.725. The lowest BCUT2D eigenvalue weighted by Crippen LogP contribution is -2.50. The van der Waals surface area contributed by atoms with Crippen molar-refractivity contribution in [1.82, 2.24) is 4.98 Å². The van der Waals surface area contributed by atoms with E-state index in [0.29, 0.717) is 16.2 Å². The van der Waals surface area contributed by atoms with Gasteiger partial charge in [-0.2, -0.15) is 0 Å². The number of anilines is 2. The van der Waals surface area contributed by atoms with Gasteiger partial charge in [-0.05, 0) is 66.0 Å². The van der Waals surface area contributed by atoms with Crippen molar-refractivity contribution in [2.45, 2.75) is 26.8 Å². The van der Waals surface area contributed by atoms with Crippen molar-refractivity contribution in [2.24, 2.45) is 0 Å². The van der Waals surface area contributed by atoms with Crippen LogP contribution >= 0.6 is 15.9 Å². The Morgan fingerprint density at radius 1 is 1.32 bits per heavy atom. The van der Waals surface area contributed by atoms with Crippen LogP contribution in [-0.2, 0) is 9.59 Å². The number of fused-ring (bicyclic) bond motifs is 1. The summed E-state index contributed by atoms with van der Waals surface area (Å²) in [5, 5.41) is 2.90. The second-order valence-electron chi connectivity index (χ2n) is 5.99. The van der Waals surface area contributed by atoms with Crippen LogP contribution in [0.2, 0.25) is 0 Å². The fraction of sp³-hybridized carbons (Fsp3) is 0.278. The molecule has 3 rings (SSSR count). The van der Waals surface area contributed by atoms with Crippen LogP contribution in [0.15, 0.2) is 34.9 Å². The van der Waals surface area contributed by atoms with Gasteiger partial charge >= 0.3 is 0 Å². The smallest absolute Gasteiger partial charge is 0.266 e. The van der Waals surface area contributed by atoms with Crippen molar-refractivity contribution in [1.29, 1.82) is 0 Å². The van der Waals surface area contributed by atoms with Gasteiger partial charge in [-0.1, -0.05) is 12.1 Å². The third-order valence-electron chi connectivity index (χ3n) is 4.07.